The van der Waals surface area contributed by atoms with Gasteiger partial charge in [0.25, 0.3) is 5.91 Å². The van der Waals surface area contributed by atoms with Gasteiger partial charge in [0.15, 0.2) is 12.4 Å². The molecular weight excluding hydrogens is 370 g/mol. The fraction of sp³-hybridized carbons (Fsp3) is 0.118. The van der Waals surface area contributed by atoms with Crippen LogP contribution in [0.15, 0.2) is 36.4 Å². The number of halogens is 3. The topological polar surface area (TPSA) is 68.3 Å². The van der Waals surface area contributed by atoms with Gasteiger partial charge in [0.05, 0.1) is 15.7 Å². The Kier molecular flexibility index (Phi) is 6.50. The number of benzene rings is 1. The molecule has 0 fully saturated rings. The zero-order chi connectivity index (χ0) is 18.4. The molecule has 1 N–H and O–H groups in total. The van der Waals surface area contributed by atoms with E-state index in [9.17, 15) is 14.0 Å². The molecule has 0 spiro atoms. The molecule has 0 radical (unpaired) electrons. The zero-order valence-electron chi connectivity index (χ0n) is 13.1. The molecule has 2 aromatic rings. The molecule has 1 aromatic heterocycles. The van der Waals surface area contributed by atoms with E-state index in [0.29, 0.717) is 10.7 Å². The molecule has 0 saturated carbocycles. The number of amides is 1. The van der Waals surface area contributed by atoms with Crippen LogP contribution in [0.1, 0.15) is 11.3 Å². The number of esters is 1. The molecule has 1 amide bonds. The van der Waals surface area contributed by atoms with Crippen LogP contribution in [0.25, 0.3) is 6.08 Å². The van der Waals surface area contributed by atoms with Crippen molar-refractivity contribution in [2.24, 2.45) is 0 Å². The molecular formula is C17H13Cl2FN2O3. The maximum absolute atomic E-state index is 13.4. The van der Waals surface area contributed by atoms with Gasteiger partial charge in [-0.2, -0.15) is 0 Å². The van der Waals surface area contributed by atoms with Crippen LogP contribution in [-0.4, -0.2) is 23.5 Å². The van der Waals surface area contributed by atoms with Gasteiger partial charge in [0.2, 0.25) is 0 Å². The Labute approximate surface area is 153 Å². The number of nitrogens with one attached hydrogen (secondary N) is 1. The summed E-state index contributed by atoms with van der Waals surface area (Å²) in [7, 11) is 0. The number of carbonyl (C=O) groups is 2. The Hall–Kier alpha value is -2.44. The lowest BCUT2D eigenvalue weighted by Crippen LogP contribution is -2.21. The molecule has 0 aliphatic heterocycles. The van der Waals surface area contributed by atoms with Crippen molar-refractivity contribution in [1.82, 2.24) is 4.98 Å². The summed E-state index contributed by atoms with van der Waals surface area (Å²) in [6, 6.07) is 7.38. The normalized spacial score (nSPS) is 10.7. The summed E-state index contributed by atoms with van der Waals surface area (Å²) in [5.41, 5.74) is 0.725. The Morgan fingerprint density at radius 2 is 2.00 bits per heavy atom. The van der Waals surface area contributed by atoms with Crippen LogP contribution in [0.3, 0.4) is 0 Å². The van der Waals surface area contributed by atoms with Crippen LogP contribution in [0.5, 0.6) is 0 Å². The average Bonchev–Trinajstić information content (AvgIpc) is 2.57. The molecule has 0 atom stereocenters. The van der Waals surface area contributed by atoms with E-state index in [1.165, 1.54) is 30.3 Å². The Bertz CT molecular complexity index is 841. The van der Waals surface area contributed by atoms with E-state index in [1.807, 2.05) is 0 Å². The minimum Gasteiger partial charge on any atom is -0.452 e. The molecule has 1 aromatic carbocycles. The minimum atomic E-state index is -0.787. The standard InChI is InChI=1S/C17H13Cl2FN2O3/c1-10-12(18)8-13(19)17(21-10)22-15(23)9-25-16(24)7-6-11-4-2-3-5-14(11)20/h2-8H,9H2,1H3,(H,21,22,23)/b7-6+. The molecule has 5 nitrogen and oxygen atoms in total. The van der Waals surface area contributed by atoms with Crippen LogP contribution >= 0.6 is 23.2 Å². The van der Waals surface area contributed by atoms with Crippen molar-refractivity contribution < 1.29 is 18.7 Å². The second-order valence-corrected chi connectivity index (χ2v) is 5.71. The first-order chi connectivity index (χ1) is 11.9. The number of pyridine rings is 1. The van der Waals surface area contributed by atoms with E-state index >= 15 is 0 Å². The second kappa shape index (κ2) is 8.60. The molecule has 0 unspecified atom stereocenters. The van der Waals surface area contributed by atoms with Crippen molar-refractivity contribution in [3.8, 4) is 0 Å². The first kappa shape index (κ1) is 18.9. The highest BCUT2D eigenvalue weighted by Gasteiger charge is 2.11. The number of hydrogen-bond donors (Lipinski definition) is 1. The molecule has 0 saturated heterocycles. The minimum absolute atomic E-state index is 0.117. The van der Waals surface area contributed by atoms with Gasteiger partial charge >= 0.3 is 5.97 Å². The largest absolute Gasteiger partial charge is 0.452 e. The SMILES string of the molecule is Cc1nc(NC(=O)COC(=O)/C=C/c2ccccc2F)c(Cl)cc1Cl. The maximum atomic E-state index is 13.4. The lowest BCUT2D eigenvalue weighted by atomic mass is 10.2. The molecule has 1 heterocycles. The van der Waals surface area contributed by atoms with Gasteiger partial charge < -0.3 is 10.1 Å². The van der Waals surface area contributed by atoms with Crippen LogP contribution in [0, 0.1) is 12.7 Å². The highest BCUT2D eigenvalue weighted by Crippen LogP contribution is 2.25. The third-order valence-corrected chi connectivity index (χ3v) is 3.68. The highest BCUT2D eigenvalue weighted by atomic mass is 35.5. The quantitative estimate of drug-likeness (QED) is 0.625. The number of carbonyl (C=O) groups excluding carboxylic acids is 2. The van der Waals surface area contributed by atoms with E-state index in [-0.39, 0.29) is 16.4 Å². The fourth-order valence-corrected chi connectivity index (χ4v) is 2.17. The molecule has 0 bridgehead atoms. The summed E-state index contributed by atoms with van der Waals surface area (Å²) in [6.45, 7) is 1.11. The number of anilines is 1. The number of ether oxygens (including phenoxy) is 1. The predicted octanol–water partition coefficient (Wildman–Crippen LogP) is 4.03. The summed E-state index contributed by atoms with van der Waals surface area (Å²) in [5, 5.41) is 2.94. The van der Waals surface area contributed by atoms with Gasteiger partial charge in [-0.1, -0.05) is 41.4 Å². The lowest BCUT2D eigenvalue weighted by molar-refractivity contribution is -0.142. The molecule has 8 heteroatoms. The van der Waals surface area contributed by atoms with Gasteiger partial charge in [-0.15, -0.1) is 0 Å². The monoisotopic (exact) mass is 382 g/mol. The van der Waals surface area contributed by atoms with Gasteiger partial charge in [0, 0.05) is 11.6 Å². The summed E-state index contributed by atoms with van der Waals surface area (Å²) in [4.78, 5) is 27.4. The number of rotatable bonds is 5. The van der Waals surface area contributed by atoms with Crippen LogP contribution < -0.4 is 5.32 Å². The van der Waals surface area contributed by atoms with Gasteiger partial charge in [0.1, 0.15) is 5.82 Å². The third kappa shape index (κ3) is 5.55. The maximum Gasteiger partial charge on any atom is 0.331 e. The Morgan fingerprint density at radius 1 is 1.28 bits per heavy atom. The average molecular weight is 383 g/mol. The number of aromatic nitrogens is 1. The number of aryl methyl sites for hydroxylation is 1. The molecule has 130 valence electrons. The third-order valence-electron chi connectivity index (χ3n) is 3.01. The van der Waals surface area contributed by atoms with Gasteiger partial charge in [-0.25, -0.2) is 14.2 Å². The first-order valence-corrected chi connectivity index (χ1v) is 7.84. The summed E-state index contributed by atoms with van der Waals surface area (Å²) in [6.07, 6.45) is 2.29. The lowest BCUT2D eigenvalue weighted by Gasteiger charge is -2.08. The summed E-state index contributed by atoms with van der Waals surface area (Å²) >= 11 is 11.8. The van der Waals surface area contributed by atoms with Crippen LogP contribution in [0.2, 0.25) is 10.0 Å². The number of nitrogens with zero attached hydrogens (tertiary/aromatic N) is 1. The molecule has 25 heavy (non-hydrogen) atoms. The number of hydrogen-bond acceptors (Lipinski definition) is 4. The van der Waals surface area contributed by atoms with Crippen LogP contribution in [-0.2, 0) is 14.3 Å². The molecule has 2 rings (SSSR count). The van der Waals surface area contributed by atoms with E-state index < -0.39 is 24.3 Å². The van der Waals surface area contributed by atoms with Crippen molar-refractivity contribution >= 4 is 47.0 Å². The van der Waals surface area contributed by atoms with Gasteiger partial charge in [-0.05, 0) is 25.1 Å². The van der Waals surface area contributed by atoms with E-state index in [0.717, 1.165) is 6.08 Å². The van der Waals surface area contributed by atoms with Crippen LogP contribution in [0.4, 0.5) is 10.2 Å². The summed E-state index contributed by atoms with van der Waals surface area (Å²) < 4.78 is 18.2. The summed E-state index contributed by atoms with van der Waals surface area (Å²) in [5.74, 6) is -1.76. The smallest absolute Gasteiger partial charge is 0.331 e. The first-order valence-electron chi connectivity index (χ1n) is 7.08. The molecule has 0 aliphatic rings. The Balaban J connectivity index is 1.89. The van der Waals surface area contributed by atoms with Crippen molar-refractivity contribution in [2.75, 3.05) is 11.9 Å². The van der Waals surface area contributed by atoms with Gasteiger partial charge in [-0.3, -0.25) is 4.79 Å². The van der Waals surface area contributed by atoms with Crippen molar-refractivity contribution in [3.63, 3.8) is 0 Å². The predicted molar refractivity (Wildman–Crippen MR) is 94.0 cm³/mol. The zero-order valence-corrected chi connectivity index (χ0v) is 14.6. The fourth-order valence-electron chi connectivity index (χ4n) is 1.77. The van der Waals surface area contributed by atoms with Crippen molar-refractivity contribution in [3.05, 3.63) is 63.5 Å². The Morgan fingerprint density at radius 3 is 2.72 bits per heavy atom. The van der Waals surface area contributed by atoms with E-state index in [2.05, 4.69) is 10.3 Å². The van der Waals surface area contributed by atoms with E-state index in [1.54, 1.807) is 13.0 Å². The highest BCUT2D eigenvalue weighted by molar-refractivity contribution is 6.36. The second-order valence-electron chi connectivity index (χ2n) is 4.90. The van der Waals surface area contributed by atoms with E-state index in [4.69, 9.17) is 27.9 Å². The van der Waals surface area contributed by atoms with Crippen molar-refractivity contribution in [2.45, 2.75) is 6.92 Å². The molecule has 0 aliphatic carbocycles. The van der Waals surface area contributed by atoms with Crippen molar-refractivity contribution in [1.29, 1.82) is 0 Å².